The van der Waals surface area contributed by atoms with Crippen molar-refractivity contribution in [3.8, 4) is 0 Å². The first-order valence-electron chi connectivity index (χ1n) is 3.48. The molecule has 66 valence electrons. The molecule has 0 atom stereocenters. The Kier molecular flexibility index (Phi) is 1.66. The van der Waals surface area contributed by atoms with Crippen molar-refractivity contribution in [2.75, 3.05) is 0 Å². The van der Waals surface area contributed by atoms with Crippen molar-refractivity contribution in [1.82, 2.24) is 14.6 Å². The van der Waals surface area contributed by atoms with Gasteiger partial charge in [-0.25, -0.2) is 9.50 Å². The smallest absolute Gasteiger partial charge is 0.267 e. The molecule has 0 fully saturated rings. The van der Waals surface area contributed by atoms with E-state index >= 15 is 0 Å². The fraction of sp³-hybridized carbons (Fsp3) is 0. The van der Waals surface area contributed by atoms with Crippen LogP contribution >= 0.6 is 11.6 Å². The number of carbonyl (C=O) groups is 1. The van der Waals surface area contributed by atoms with Gasteiger partial charge in [-0.05, 0) is 12.1 Å². The van der Waals surface area contributed by atoms with Crippen molar-refractivity contribution in [2.45, 2.75) is 0 Å². The minimum absolute atomic E-state index is 0.261. The summed E-state index contributed by atoms with van der Waals surface area (Å²) in [5, 5.41) is 4.25. The minimum Gasteiger partial charge on any atom is -0.364 e. The predicted molar refractivity (Wildman–Crippen MR) is 46.5 cm³/mol. The van der Waals surface area contributed by atoms with Gasteiger partial charge in [0.25, 0.3) is 5.91 Å². The topological polar surface area (TPSA) is 73.3 Å². The van der Waals surface area contributed by atoms with E-state index in [4.69, 9.17) is 17.3 Å². The van der Waals surface area contributed by atoms with E-state index in [9.17, 15) is 4.79 Å². The second kappa shape index (κ2) is 2.70. The fourth-order valence-electron chi connectivity index (χ4n) is 1.06. The maximum Gasteiger partial charge on any atom is 0.267 e. The summed E-state index contributed by atoms with van der Waals surface area (Å²) in [4.78, 5) is 14.8. The molecule has 0 aromatic carbocycles. The van der Waals surface area contributed by atoms with Crippen LogP contribution in [0.2, 0.25) is 5.02 Å². The Morgan fingerprint density at radius 2 is 2.31 bits per heavy atom. The normalized spacial score (nSPS) is 10.5. The van der Waals surface area contributed by atoms with E-state index in [1.807, 2.05) is 0 Å². The summed E-state index contributed by atoms with van der Waals surface area (Å²) in [6, 6.07) is 3.07. The van der Waals surface area contributed by atoms with Gasteiger partial charge in [0.15, 0.2) is 5.65 Å². The highest BCUT2D eigenvalue weighted by Gasteiger charge is 2.09. The third-order valence-electron chi connectivity index (χ3n) is 1.63. The molecule has 0 spiro atoms. The summed E-state index contributed by atoms with van der Waals surface area (Å²) in [6.45, 7) is 0. The highest BCUT2D eigenvalue weighted by molar-refractivity contribution is 6.33. The molecule has 2 heterocycles. The summed E-state index contributed by atoms with van der Waals surface area (Å²) < 4.78 is 1.31. The summed E-state index contributed by atoms with van der Waals surface area (Å²) in [6.07, 6.45) is 1.31. The van der Waals surface area contributed by atoms with Gasteiger partial charge in [-0.1, -0.05) is 11.6 Å². The van der Waals surface area contributed by atoms with E-state index in [1.165, 1.54) is 16.9 Å². The number of fused-ring (bicyclic) bond motifs is 1. The van der Waals surface area contributed by atoms with Crippen LogP contribution in [0.4, 0.5) is 0 Å². The number of nitrogens with two attached hydrogens (primary N) is 1. The summed E-state index contributed by atoms with van der Waals surface area (Å²) in [7, 11) is 0. The SMILES string of the molecule is NC(=O)c1ccc(Cl)c2ncnn12. The molecule has 13 heavy (non-hydrogen) atoms. The van der Waals surface area contributed by atoms with Crippen molar-refractivity contribution in [1.29, 1.82) is 0 Å². The van der Waals surface area contributed by atoms with E-state index in [0.29, 0.717) is 10.7 Å². The van der Waals surface area contributed by atoms with Crippen molar-refractivity contribution in [3.05, 3.63) is 29.2 Å². The average molecular weight is 197 g/mol. The Hall–Kier alpha value is -1.62. The van der Waals surface area contributed by atoms with Gasteiger partial charge in [-0.2, -0.15) is 5.10 Å². The maximum atomic E-state index is 10.9. The number of halogens is 1. The van der Waals surface area contributed by atoms with Crippen LogP contribution in [0.3, 0.4) is 0 Å². The van der Waals surface area contributed by atoms with E-state index in [-0.39, 0.29) is 5.69 Å². The zero-order valence-electron chi connectivity index (χ0n) is 6.44. The molecule has 6 heteroatoms. The minimum atomic E-state index is -0.563. The second-order valence-electron chi connectivity index (χ2n) is 2.43. The van der Waals surface area contributed by atoms with Gasteiger partial charge >= 0.3 is 0 Å². The molecule has 2 aromatic rings. The maximum absolute atomic E-state index is 10.9. The lowest BCUT2D eigenvalue weighted by atomic mass is 10.3. The molecule has 0 radical (unpaired) electrons. The number of hydrogen-bond donors (Lipinski definition) is 1. The Balaban J connectivity index is 2.86. The first-order chi connectivity index (χ1) is 6.20. The van der Waals surface area contributed by atoms with Crippen LogP contribution in [-0.4, -0.2) is 20.5 Å². The van der Waals surface area contributed by atoms with Gasteiger partial charge in [-0.3, -0.25) is 4.79 Å². The van der Waals surface area contributed by atoms with Crippen LogP contribution < -0.4 is 5.73 Å². The van der Waals surface area contributed by atoms with Crippen LogP contribution in [0, 0.1) is 0 Å². The van der Waals surface area contributed by atoms with E-state index < -0.39 is 5.91 Å². The third-order valence-corrected chi connectivity index (χ3v) is 1.92. The molecular weight excluding hydrogens is 192 g/mol. The molecule has 2 rings (SSSR count). The van der Waals surface area contributed by atoms with Crippen molar-refractivity contribution in [2.24, 2.45) is 5.73 Å². The quantitative estimate of drug-likeness (QED) is 0.721. The zero-order valence-corrected chi connectivity index (χ0v) is 7.19. The number of hydrogen-bond acceptors (Lipinski definition) is 3. The molecule has 2 N–H and O–H groups in total. The number of primary amides is 1. The molecular formula is C7H5ClN4O. The molecule has 0 aliphatic carbocycles. The summed E-state index contributed by atoms with van der Waals surface area (Å²) >= 11 is 5.80. The van der Waals surface area contributed by atoms with Crippen LogP contribution in [0.25, 0.3) is 5.65 Å². The number of pyridine rings is 1. The van der Waals surface area contributed by atoms with Crippen LogP contribution in [0.1, 0.15) is 10.5 Å². The standard InChI is InChI=1S/C7H5ClN4O/c8-4-1-2-5(6(9)13)12-7(4)10-3-11-12/h1-3H,(H2,9,13). The van der Waals surface area contributed by atoms with Gasteiger partial charge in [0.1, 0.15) is 12.0 Å². The van der Waals surface area contributed by atoms with Gasteiger partial charge < -0.3 is 5.73 Å². The molecule has 1 amide bonds. The van der Waals surface area contributed by atoms with Crippen molar-refractivity contribution >= 4 is 23.2 Å². The zero-order chi connectivity index (χ0) is 9.42. The number of aromatic nitrogens is 3. The Labute approximate surface area is 78.1 Å². The number of carbonyl (C=O) groups excluding carboxylic acids is 1. The van der Waals surface area contributed by atoms with E-state index in [1.54, 1.807) is 6.07 Å². The van der Waals surface area contributed by atoms with E-state index in [2.05, 4.69) is 10.1 Å². The average Bonchev–Trinajstić information content (AvgIpc) is 2.53. The highest BCUT2D eigenvalue weighted by Crippen LogP contribution is 2.15. The van der Waals surface area contributed by atoms with Gasteiger partial charge in [-0.15, -0.1) is 0 Å². The second-order valence-corrected chi connectivity index (χ2v) is 2.83. The van der Waals surface area contributed by atoms with Crippen LogP contribution in [0.5, 0.6) is 0 Å². The number of rotatable bonds is 1. The third kappa shape index (κ3) is 1.13. The molecule has 5 nitrogen and oxygen atoms in total. The monoisotopic (exact) mass is 196 g/mol. The molecule has 0 saturated carbocycles. The van der Waals surface area contributed by atoms with Gasteiger partial charge in [0, 0.05) is 0 Å². The summed E-state index contributed by atoms with van der Waals surface area (Å²) in [5.41, 5.74) is 5.81. The lowest BCUT2D eigenvalue weighted by Crippen LogP contribution is -2.16. The molecule has 0 aliphatic heterocycles. The Bertz CT molecular complexity index is 478. The Morgan fingerprint density at radius 3 is 3.00 bits per heavy atom. The first-order valence-corrected chi connectivity index (χ1v) is 3.86. The molecule has 0 unspecified atom stereocenters. The lowest BCUT2D eigenvalue weighted by molar-refractivity contribution is 0.0993. The highest BCUT2D eigenvalue weighted by atomic mass is 35.5. The molecule has 0 bridgehead atoms. The molecule has 0 saturated heterocycles. The van der Waals surface area contributed by atoms with Crippen molar-refractivity contribution in [3.63, 3.8) is 0 Å². The Morgan fingerprint density at radius 1 is 1.54 bits per heavy atom. The first kappa shape index (κ1) is 8.00. The lowest BCUT2D eigenvalue weighted by Gasteiger charge is -1.99. The fourth-order valence-corrected chi connectivity index (χ4v) is 1.26. The summed E-state index contributed by atoms with van der Waals surface area (Å²) in [5.74, 6) is -0.563. The molecule has 2 aromatic heterocycles. The predicted octanol–water partition coefficient (Wildman–Crippen LogP) is 0.482. The largest absolute Gasteiger partial charge is 0.364 e. The number of nitrogens with zero attached hydrogens (tertiary/aromatic N) is 3. The van der Waals surface area contributed by atoms with Crippen LogP contribution in [0.15, 0.2) is 18.5 Å². The number of amides is 1. The molecule has 0 aliphatic rings. The van der Waals surface area contributed by atoms with Gasteiger partial charge in [0.2, 0.25) is 0 Å². The van der Waals surface area contributed by atoms with Crippen molar-refractivity contribution < 1.29 is 4.79 Å². The van der Waals surface area contributed by atoms with Gasteiger partial charge in [0.05, 0.1) is 5.02 Å². The van der Waals surface area contributed by atoms with E-state index in [0.717, 1.165) is 0 Å². The van der Waals surface area contributed by atoms with Crippen LogP contribution in [-0.2, 0) is 0 Å².